The van der Waals surface area contributed by atoms with Crippen LogP contribution in [0.4, 0.5) is 17.1 Å². The molecule has 3 heteroatoms. The third-order valence-electron chi connectivity index (χ3n) is 5.29. The van der Waals surface area contributed by atoms with Gasteiger partial charge < -0.3 is 14.7 Å². The smallest absolute Gasteiger partial charge is 0.130 e. The van der Waals surface area contributed by atoms with Crippen LogP contribution < -0.4 is 14.7 Å². The number of para-hydroxylation sites is 3. The number of hydrogen-bond acceptors (Lipinski definition) is 3. The minimum absolute atomic E-state index is 0.269. The lowest BCUT2D eigenvalue weighted by molar-refractivity contribution is 0.573. The van der Waals surface area contributed by atoms with E-state index in [1.165, 1.54) is 55.0 Å². The molecular formula is C20H25N3. The first-order valence-corrected chi connectivity index (χ1v) is 8.66. The Morgan fingerprint density at radius 3 is 1.83 bits per heavy atom. The molecule has 0 atom stereocenters. The van der Waals surface area contributed by atoms with Crippen molar-refractivity contribution in [2.24, 2.45) is 0 Å². The summed E-state index contributed by atoms with van der Waals surface area (Å²) >= 11 is 0. The average molecular weight is 307 g/mol. The van der Waals surface area contributed by atoms with Crippen LogP contribution in [0.2, 0.25) is 0 Å². The van der Waals surface area contributed by atoms with Crippen LogP contribution in [-0.2, 0) is 0 Å². The fraction of sp³-hybridized carbons (Fsp3) is 0.400. The van der Waals surface area contributed by atoms with E-state index in [0.29, 0.717) is 0 Å². The van der Waals surface area contributed by atoms with Crippen molar-refractivity contribution in [2.75, 3.05) is 41.9 Å². The van der Waals surface area contributed by atoms with Crippen molar-refractivity contribution < 1.29 is 0 Å². The van der Waals surface area contributed by atoms with E-state index in [1.807, 2.05) is 0 Å². The molecule has 0 amide bonds. The zero-order valence-electron chi connectivity index (χ0n) is 14.1. The van der Waals surface area contributed by atoms with Gasteiger partial charge in [-0.3, -0.25) is 0 Å². The van der Waals surface area contributed by atoms with E-state index in [9.17, 15) is 0 Å². The molecule has 0 aromatic heterocycles. The molecule has 0 aliphatic carbocycles. The van der Waals surface area contributed by atoms with Crippen molar-refractivity contribution >= 4 is 17.1 Å². The predicted molar refractivity (Wildman–Crippen MR) is 98.5 cm³/mol. The highest BCUT2D eigenvalue weighted by Crippen LogP contribution is 2.46. The van der Waals surface area contributed by atoms with E-state index in [1.54, 1.807) is 0 Å². The van der Waals surface area contributed by atoms with Crippen LogP contribution >= 0.6 is 0 Å². The van der Waals surface area contributed by atoms with Gasteiger partial charge in [-0.1, -0.05) is 30.3 Å². The number of rotatable bonds is 2. The van der Waals surface area contributed by atoms with Gasteiger partial charge in [0.25, 0.3) is 0 Å². The van der Waals surface area contributed by atoms with Crippen LogP contribution in [0, 0.1) is 0 Å². The minimum atomic E-state index is 0.269. The lowest BCUT2D eigenvalue weighted by atomic mass is 10.0. The van der Waals surface area contributed by atoms with Crippen LogP contribution in [-0.4, -0.2) is 27.2 Å². The molecule has 2 heterocycles. The maximum atomic E-state index is 2.57. The van der Waals surface area contributed by atoms with Crippen molar-refractivity contribution in [3.8, 4) is 0 Å². The number of benzene rings is 2. The van der Waals surface area contributed by atoms with E-state index < -0.39 is 0 Å². The molecule has 2 aromatic carbocycles. The summed E-state index contributed by atoms with van der Waals surface area (Å²) < 4.78 is 0. The second-order valence-electron chi connectivity index (χ2n) is 6.69. The van der Waals surface area contributed by atoms with Crippen molar-refractivity contribution in [1.82, 2.24) is 0 Å². The van der Waals surface area contributed by atoms with Crippen molar-refractivity contribution in [3.05, 3.63) is 54.1 Å². The van der Waals surface area contributed by atoms with Gasteiger partial charge in [-0.2, -0.15) is 0 Å². The predicted octanol–water partition coefficient (Wildman–Crippen LogP) is 4.26. The van der Waals surface area contributed by atoms with Gasteiger partial charge in [0.2, 0.25) is 0 Å². The Labute approximate surface area is 139 Å². The highest BCUT2D eigenvalue weighted by molar-refractivity contribution is 5.78. The normalized spacial score (nSPS) is 18.4. The number of piperidine rings is 1. The largest absolute Gasteiger partial charge is 0.371 e. The molecule has 0 saturated carbocycles. The molecule has 2 aliphatic rings. The van der Waals surface area contributed by atoms with Gasteiger partial charge in [-0.25, -0.2) is 0 Å². The van der Waals surface area contributed by atoms with E-state index in [0.717, 1.165) is 0 Å². The number of fused-ring (bicyclic) bond motifs is 1. The second kappa shape index (κ2) is 5.80. The summed E-state index contributed by atoms with van der Waals surface area (Å²) in [6, 6.07) is 17.6. The maximum absolute atomic E-state index is 2.57. The summed E-state index contributed by atoms with van der Waals surface area (Å²) in [6.07, 6.45) is 4.26. The molecule has 0 radical (unpaired) electrons. The first kappa shape index (κ1) is 14.4. The molecule has 1 saturated heterocycles. The summed E-state index contributed by atoms with van der Waals surface area (Å²) in [5.74, 6) is 0. The summed E-state index contributed by atoms with van der Waals surface area (Å²) in [4.78, 5) is 7.37. The van der Waals surface area contributed by atoms with Gasteiger partial charge in [-0.15, -0.1) is 0 Å². The lowest BCUT2D eigenvalue weighted by Gasteiger charge is -2.35. The third-order valence-corrected chi connectivity index (χ3v) is 5.29. The molecule has 23 heavy (non-hydrogen) atoms. The molecule has 2 aliphatic heterocycles. The second-order valence-corrected chi connectivity index (χ2v) is 6.69. The van der Waals surface area contributed by atoms with Gasteiger partial charge in [0.1, 0.15) is 6.17 Å². The third kappa shape index (κ3) is 2.35. The number of hydrogen-bond donors (Lipinski definition) is 0. The summed E-state index contributed by atoms with van der Waals surface area (Å²) in [6.45, 7) is 2.37. The monoisotopic (exact) mass is 307 g/mol. The molecule has 0 unspecified atom stereocenters. The topological polar surface area (TPSA) is 9.72 Å². The van der Waals surface area contributed by atoms with Gasteiger partial charge in [-0.05, 0) is 37.5 Å². The van der Waals surface area contributed by atoms with Gasteiger partial charge >= 0.3 is 0 Å². The lowest BCUT2D eigenvalue weighted by Crippen LogP contribution is -2.35. The molecule has 3 nitrogen and oxygen atoms in total. The van der Waals surface area contributed by atoms with Gasteiger partial charge in [0.05, 0.1) is 11.4 Å². The fourth-order valence-corrected chi connectivity index (χ4v) is 4.13. The SMILES string of the molecule is CN1c2ccccc2N(C)C1c1ccccc1N1CCCCC1. The average Bonchev–Trinajstić information content (AvgIpc) is 2.87. The Bertz CT molecular complexity index is 662. The molecule has 0 bridgehead atoms. The van der Waals surface area contributed by atoms with Crippen LogP contribution in [0.15, 0.2) is 48.5 Å². The Morgan fingerprint density at radius 1 is 0.696 bits per heavy atom. The van der Waals surface area contributed by atoms with E-state index in [4.69, 9.17) is 0 Å². The maximum Gasteiger partial charge on any atom is 0.130 e. The number of anilines is 3. The number of nitrogens with zero attached hydrogens (tertiary/aromatic N) is 3. The van der Waals surface area contributed by atoms with Crippen LogP contribution in [0.5, 0.6) is 0 Å². The standard InChI is InChI=1S/C20H25N3/c1-21-18-12-6-7-13-19(18)22(2)20(21)16-10-4-5-11-17(16)23-14-8-3-9-15-23/h4-7,10-13,20H,3,8-9,14-15H2,1-2H3. The van der Waals surface area contributed by atoms with Crippen molar-refractivity contribution in [3.63, 3.8) is 0 Å². The first-order valence-electron chi connectivity index (χ1n) is 8.66. The summed E-state index contributed by atoms with van der Waals surface area (Å²) in [5.41, 5.74) is 5.45. The highest BCUT2D eigenvalue weighted by atomic mass is 15.4. The molecule has 120 valence electrons. The van der Waals surface area contributed by atoms with Crippen molar-refractivity contribution in [2.45, 2.75) is 25.4 Å². The molecule has 4 rings (SSSR count). The van der Waals surface area contributed by atoms with E-state index >= 15 is 0 Å². The first-order chi connectivity index (χ1) is 11.3. The van der Waals surface area contributed by atoms with E-state index in [2.05, 4.69) is 77.3 Å². The Kier molecular flexibility index (Phi) is 3.64. The van der Waals surface area contributed by atoms with Gasteiger partial charge in [0.15, 0.2) is 0 Å². The highest BCUT2D eigenvalue weighted by Gasteiger charge is 2.34. The molecule has 2 aromatic rings. The molecule has 0 spiro atoms. The van der Waals surface area contributed by atoms with Crippen LogP contribution in [0.25, 0.3) is 0 Å². The Hall–Kier alpha value is -2.16. The van der Waals surface area contributed by atoms with E-state index in [-0.39, 0.29) is 6.17 Å². The summed E-state index contributed by atoms with van der Waals surface area (Å²) in [7, 11) is 4.42. The zero-order valence-corrected chi connectivity index (χ0v) is 14.1. The van der Waals surface area contributed by atoms with Gasteiger partial charge in [0, 0.05) is 38.4 Å². The Morgan fingerprint density at radius 2 is 1.22 bits per heavy atom. The zero-order chi connectivity index (χ0) is 15.8. The Balaban J connectivity index is 1.74. The quantitative estimate of drug-likeness (QED) is 0.820. The summed E-state index contributed by atoms with van der Waals surface area (Å²) in [5, 5.41) is 0. The molecular weight excluding hydrogens is 282 g/mol. The van der Waals surface area contributed by atoms with Crippen LogP contribution in [0.1, 0.15) is 31.0 Å². The molecule has 0 N–H and O–H groups in total. The van der Waals surface area contributed by atoms with Crippen LogP contribution in [0.3, 0.4) is 0 Å². The minimum Gasteiger partial charge on any atom is -0.371 e. The van der Waals surface area contributed by atoms with Crippen molar-refractivity contribution in [1.29, 1.82) is 0 Å². The fourth-order valence-electron chi connectivity index (χ4n) is 4.13. The molecule has 1 fully saturated rings.